The number of hydrogen-bond acceptors (Lipinski definition) is 8. The van der Waals surface area contributed by atoms with Crippen molar-refractivity contribution in [2.45, 2.75) is 38.6 Å². The van der Waals surface area contributed by atoms with Crippen molar-refractivity contribution in [2.75, 3.05) is 26.4 Å². The van der Waals surface area contributed by atoms with Crippen molar-refractivity contribution in [3.63, 3.8) is 0 Å². The van der Waals surface area contributed by atoms with Crippen LogP contribution >= 0.6 is 0 Å². The average molecular weight is 294 g/mol. The number of carbonyl (C=O) groups excluding carboxylic acids is 2. The lowest BCUT2D eigenvalue weighted by molar-refractivity contribution is -0.155. The van der Waals surface area contributed by atoms with Crippen molar-refractivity contribution in [3.05, 3.63) is 0 Å². The molecule has 3 unspecified atom stereocenters. The number of hydrogen-bond donors (Lipinski definition) is 3. The second-order valence-corrected chi connectivity index (χ2v) is 4.33. The Labute approximate surface area is 117 Å². The van der Waals surface area contributed by atoms with Crippen LogP contribution in [-0.2, 0) is 23.8 Å². The van der Waals surface area contributed by atoms with Crippen molar-refractivity contribution < 1.29 is 39.1 Å². The minimum Gasteiger partial charge on any atom is -0.463 e. The van der Waals surface area contributed by atoms with E-state index >= 15 is 0 Å². The number of esters is 2. The molecule has 0 rings (SSSR count). The molecular weight excluding hydrogens is 272 g/mol. The molecule has 8 heteroatoms. The summed E-state index contributed by atoms with van der Waals surface area (Å²) in [6, 6.07) is 0. The minimum absolute atomic E-state index is 0.101. The van der Waals surface area contributed by atoms with Crippen LogP contribution in [0.3, 0.4) is 0 Å². The quantitative estimate of drug-likeness (QED) is 0.421. The van der Waals surface area contributed by atoms with Crippen LogP contribution in [-0.4, -0.2) is 72.0 Å². The zero-order valence-corrected chi connectivity index (χ0v) is 11.7. The molecule has 0 aromatic heterocycles. The Morgan fingerprint density at radius 3 is 2.25 bits per heavy atom. The van der Waals surface area contributed by atoms with Crippen LogP contribution in [0.5, 0.6) is 0 Å². The van der Waals surface area contributed by atoms with E-state index in [1.165, 1.54) is 6.92 Å². The van der Waals surface area contributed by atoms with Gasteiger partial charge in [0.1, 0.15) is 24.9 Å². The van der Waals surface area contributed by atoms with Crippen LogP contribution in [0.15, 0.2) is 0 Å². The zero-order valence-electron chi connectivity index (χ0n) is 11.7. The van der Waals surface area contributed by atoms with Gasteiger partial charge >= 0.3 is 11.9 Å². The highest BCUT2D eigenvalue weighted by Gasteiger charge is 2.15. The zero-order chi connectivity index (χ0) is 15.5. The van der Waals surface area contributed by atoms with Crippen LogP contribution in [0.2, 0.25) is 0 Å². The van der Waals surface area contributed by atoms with Crippen molar-refractivity contribution in [3.8, 4) is 0 Å². The molecule has 3 atom stereocenters. The number of carbonyl (C=O) groups is 2. The molecule has 0 aliphatic heterocycles. The third-order valence-electron chi connectivity index (χ3n) is 2.09. The highest BCUT2D eigenvalue weighted by molar-refractivity contribution is 5.71. The maximum absolute atomic E-state index is 11.3. The van der Waals surface area contributed by atoms with Crippen molar-refractivity contribution in [1.29, 1.82) is 0 Å². The fraction of sp³-hybridized carbons (Fsp3) is 0.833. The van der Waals surface area contributed by atoms with Crippen molar-refractivity contribution in [1.82, 2.24) is 0 Å². The molecule has 0 bridgehead atoms. The van der Waals surface area contributed by atoms with Crippen LogP contribution in [0.1, 0.15) is 20.3 Å². The van der Waals surface area contributed by atoms with Crippen LogP contribution in [0.25, 0.3) is 0 Å². The first-order valence-electron chi connectivity index (χ1n) is 6.22. The molecule has 0 radical (unpaired) electrons. The van der Waals surface area contributed by atoms with Gasteiger partial charge in [0.25, 0.3) is 0 Å². The molecule has 0 aromatic rings. The Hall–Kier alpha value is -1.22. The second kappa shape index (κ2) is 10.6. The van der Waals surface area contributed by atoms with E-state index in [2.05, 4.69) is 0 Å². The molecule has 0 aliphatic carbocycles. The Morgan fingerprint density at radius 2 is 1.70 bits per heavy atom. The maximum Gasteiger partial charge on any atom is 0.309 e. The first-order chi connectivity index (χ1) is 9.35. The maximum atomic E-state index is 11.3. The van der Waals surface area contributed by atoms with Gasteiger partial charge in [-0.05, 0) is 6.92 Å². The molecular formula is C12H22O8. The van der Waals surface area contributed by atoms with E-state index < -0.39 is 36.9 Å². The van der Waals surface area contributed by atoms with Crippen LogP contribution < -0.4 is 0 Å². The monoisotopic (exact) mass is 294 g/mol. The molecule has 0 fully saturated rings. The van der Waals surface area contributed by atoms with Gasteiger partial charge in [-0.25, -0.2) is 0 Å². The second-order valence-electron chi connectivity index (χ2n) is 4.33. The van der Waals surface area contributed by atoms with Crippen molar-refractivity contribution in [2.24, 2.45) is 0 Å². The lowest BCUT2D eigenvalue weighted by Gasteiger charge is -2.15. The largest absolute Gasteiger partial charge is 0.463 e. The van der Waals surface area contributed by atoms with Crippen LogP contribution in [0.4, 0.5) is 0 Å². The summed E-state index contributed by atoms with van der Waals surface area (Å²) in [7, 11) is 0. The molecule has 0 saturated heterocycles. The Bertz CT molecular complexity index is 293. The summed E-state index contributed by atoms with van der Waals surface area (Å²) in [5, 5.41) is 26.9. The summed E-state index contributed by atoms with van der Waals surface area (Å²) in [5.41, 5.74) is 0. The lowest BCUT2D eigenvalue weighted by Crippen LogP contribution is -2.28. The number of aliphatic hydroxyl groups is 3. The normalized spacial score (nSPS) is 15.2. The summed E-state index contributed by atoms with van der Waals surface area (Å²) in [4.78, 5) is 22.0. The molecule has 0 heterocycles. The first-order valence-corrected chi connectivity index (χ1v) is 6.22. The predicted molar refractivity (Wildman–Crippen MR) is 66.7 cm³/mol. The number of rotatable bonds is 10. The van der Waals surface area contributed by atoms with Gasteiger partial charge in [0.05, 0.1) is 26.2 Å². The Balaban J connectivity index is 3.70. The van der Waals surface area contributed by atoms with E-state index in [0.29, 0.717) is 0 Å². The molecule has 3 N–H and O–H groups in total. The van der Waals surface area contributed by atoms with Gasteiger partial charge in [0.2, 0.25) is 0 Å². The third-order valence-corrected chi connectivity index (χ3v) is 2.09. The standard InChI is InChI=1S/C12H22O8/c1-8(20-9(2)14)3-12(17)19-7-11(16)6-18-5-10(15)4-13/h8,10-11,13,15-16H,3-7H2,1-2H3. The first kappa shape index (κ1) is 18.8. The van der Waals surface area contributed by atoms with Gasteiger partial charge in [0, 0.05) is 6.92 Å². The van der Waals surface area contributed by atoms with E-state index in [9.17, 15) is 14.7 Å². The average Bonchev–Trinajstić information content (AvgIpc) is 2.35. The van der Waals surface area contributed by atoms with Gasteiger partial charge in [-0.15, -0.1) is 0 Å². The van der Waals surface area contributed by atoms with E-state index in [1.807, 2.05) is 0 Å². The van der Waals surface area contributed by atoms with E-state index in [1.54, 1.807) is 6.92 Å². The van der Waals surface area contributed by atoms with Gasteiger partial charge in [-0.1, -0.05) is 0 Å². The molecule has 0 amide bonds. The molecule has 20 heavy (non-hydrogen) atoms. The van der Waals surface area contributed by atoms with Gasteiger partial charge in [-0.2, -0.15) is 0 Å². The summed E-state index contributed by atoms with van der Waals surface area (Å²) in [6.07, 6.45) is -2.73. The number of aliphatic hydroxyl groups excluding tert-OH is 3. The molecule has 0 aliphatic rings. The predicted octanol–water partition coefficient (Wildman–Crippen LogP) is -1.40. The SMILES string of the molecule is CC(=O)OC(C)CC(=O)OCC(O)COCC(O)CO. The smallest absolute Gasteiger partial charge is 0.309 e. The van der Waals surface area contributed by atoms with Crippen molar-refractivity contribution >= 4 is 11.9 Å². The van der Waals surface area contributed by atoms with Gasteiger partial charge in [0.15, 0.2) is 0 Å². The Morgan fingerprint density at radius 1 is 1.10 bits per heavy atom. The van der Waals surface area contributed by atoms with Gasteiger partial charge < -0.3 is 29.5 Å². The molecule has 0 saturated carbocycles. The third kappa shape index (κ3) is 10.7. The fourth-order valence-electron chi connectivity index (χ4n) is 1.25. The van der Waals surface area contributed by atoms with Crippen LogP contribution in [0, 0.1) is 0 Å². The summed E-state index contributed by atoms with van der Waals surface area (Å²) >= 11 is 0. The summed E-state index contributed by atoms with van der Waals surface area (Å²) in [5.74, 6) is -1.09. The minimum atomic E-state index is -1.03. The summed E-state index contributed by atoms with van der Waals surface area (Å²) in [6.45, 7) is 1.84. The van der Waals surface area contributed by atoms with Gasteiger partial charge in [-0.3, -0.25) is 9.59 Å². The lowest BCUT2D eigenvalue weighted by atomic mass is 10.3. The molecule has 0 spiro atoms. The fourth-order valence-corrected chi connectivity index (χ4v) is 1.25. The highest BCUT2D eigenvalue weighted by Crippen LogP contribution is 2.01. The highest BCUT2D eigenvalue weighted by atomic mass is 16.6. The topological polar surface area (TPSA) is 123 Å². The molecule has 0 aromatic carbocycles. The Kier molecular flexibility index (Phi) is 9.91. The van der Waals surface area contributed by atoms with E-state index in [-0.39, 0.29) is 26.2 Å². The molecule has 8 nitrogen and oxygen atoms in total. The van der Waals surface area contributed by atoms with E-state index in [4.69, 9.17) is 24.4 Å². The number of ether oxygens (including phenoxy) is 3. The summed E-state index contributed by atoms with van der Waals surface area (Å²) < 4.78 is 14.4. The van der Waals surface area contributed by atoms with E-state index in [0.717, 1.165) is 0 Å². The molecule has 118 valence electrons.